The van der Waals surface area contributed by atoms with Crippen molar-refractivity contribution in [2.45, 2.75) is 0 Å². The van der Waals surface area contributed by atoms with Crippen LogP contribution in [0.1, 0.15) is 10.4 Å². The Morgan fingerprint density at radius 1 is 1.29 bits per heavy atom. The van der Waals surface area contributed by atoms with Crippen molar-refractivity contribution in [1.82, 2.24) is 0 Å². The van der Waals surface area contributed by atoms with E-state index in [9.17, 15) is 22.8 Å². The normalized spacial score (nSPS) is 18.6. The van der Waals surface area contributed by atoms with Crippen molar-refractivity contribution >= 4 is 23.4 Å². The standard InChI is InChI=1S/C10H4F3NO3/c11-3-1-2-4-5(7(3)12)8(15)6(10(16)17)9(13)14-4/h1-2,6H,(H,16,17). The number of aliphatic imine (C=N–C) groups is 1. The number of fused-ring (bicyclic) bond motifs is 1. The number of benzene rings is 1. The Bertz CT molecular complexity index is 568. The minimum Gasteiger partial charge on any atom is -0.480 e. The molecule has 2 rings (SSSR count). The summed E-state index contributed by atoms with van der Waals surface area (Å²) in [6.07, 6.45) is 0. The first kappa shape index (κ1) is 11.3. The quantitative estimate of drug-likeness (QED) is 0.765. The molecule has 0 aromatic heterocycles. The van der Waals surface area contributed by atoms with E-state index in [0.717, 1.165) is 6.07 Å². The van der Waals surface area contributed by atoms with Gasteiger partial charge in [0.2, 0.25) is 5.97 Å². The average molecular weight is 243 g/mol. The average Bonchev–Trinajstić information content (AvgIpc) is 2.22. The van der Waals surface area contributed by atoms with Gasteiger partial charge >= 0.3 is 5.97 Å². The number of rotatable bonds is 1. The van der Waals surface area contributed by atoms with E-state index in [1.807, 2.05) is 0 Å². The molecule has 0 radical (unpaired) electrons. The van der Waals surface area contributed by atoms with Crippen LogP contribution in [0.5, 0.6) is 0 Å². The third kappa shape index (κ3) is 1.59. The first-order valence-electron chi connectivity index (χ1n) is 4.42. The number of aliphatic carboxylic acids is 1. The lowest BCUT2D eigenvalue weighted by Gasteiger charge is -2.16. The molecule has 1 atom stereocenters. The summed E-state index contributed by atoms with van der Waals surface area (Å²) in [6.45, 7) is 0. The highest BCUT2D eigenvalue weighted by Gasteiger charge is 2.40. The van der Waals surface area contributed by atoms with Gasteiger partial charge in [-0.1, -0.05) is 0 Å². The Hall–Kier alpha value is -2.18. The van der Waals surface area contributed by atoms with Crippen molar-refractivity contribution in [2.24, 2.45) is 10.9 Å². The monoisotopic (exact) mass is 243 g/mol. The zero-order valence-electron chi connectivity index (χ0n) is 8.08. The Kier molecular flexibility index (Phi) is 2.45. The fourth-order valence-electron chi connectivity index (χ4n) is 1.51. The van der Waals surface area contributed by atoms with Gasteiger partial charge in [-0.15, -0.1) is 0 Å². The molecule has 1 aliphatic heterocycles. The molecule has 1 unspecified atom stereocenters. The second-order valence-electron chi connectivity index (χ2n) is 3.33. The number of carbonyl (C=O) groups excluding carboxylic acids is 1. The molecule has 4 nitrogen and oxygen atoms in total. The number of carbonyl (C=O) groups is 2. The number of carboxylic acid groups (broad SMARTS) is 1. The first-order chi connectivity index (χ1) is 7.93. The van der Waals surface area contributed by atoms with Crippen LogP contribution in [0.3, 0.4) is 0 Å². The fraction of sp³-hybridized carbons (Fsp3) is 0.100. The van der Waals surface area contributed by atoms with Crippen LogP contribution in [0.25, 0.3) is 0 Å². The third-order valence-corrected chi connectivity index (χ3v) is 2.29. The van der Waals surface area contributed by atoms with E-state index in [2.05, 4.69) is 4.99 Å². The molecule has 7 heteroatoms. The van der Waals surface area contributed by atoms with Gasteiger partial charge in [-0.05, 0) is 12.1 Å². The minimum absolute atomic E-state index is 0.413. The maximum absolute atomic E-state index is 13.3. The molecule has 0 amide bonds. The van der Waals surface area contributed by atoms with E-state index in [4.69, 9.17) is 5.11 Å². The largest absolute Gasteiger partial charge is 0.480 e. The zero-order chi connectivity index (χ0) is 12.7. The van der Waals surface area contributed by atoms with Crippen molar-refractivity contribution in [1.29, 1.82) is 0 Å². The molecule has 0 bridgehead atoms. The van der Waals surface area contributed by atoms with E-state index < -0.39 is 46.5 Å². The minimum atomic E-state index is -2.21. The van der Waals surface area contributed by atoms with Crippen LogP contribution in [-0.2, 0) is 4.79 Å². The SMILES string of the molecule is O=C(O)C1C(=O)c2c(ccc(F)c2F)N=C1F. The highest BCUT2D eigenvalue weighted by Crippen LogP contribution is 2.32. The van der Waals surface area contributed by atoms with Crippen molar-refractivity contribution in [2.75, 3.05) is 0 Å². The van der Waals surface area contributed by atoms with E-state index >= 15 is 0 Å². The summed E-state index contributed by atoms with van der Waals surface area (Å²) in [7, 11) is 0. The van der Waals surface area contributed by atoms with Crippen molar-refractivity contribution < 1.29 is 27.9 Å². The molecule has 1 N–H and O–H groups in total. The zero-order valence-corrected chi connectivity index (χ0v) is 8.08. The van der Waals surface area contributed by atoms with Gasteiger partial charge in [0, 0.05) is 0 Å². The number of hydrogen-bond donors (Lipinski definition) is 1. The van der Waals surface area contributed by atoms with E-state index in [1.54, 1.807) is 0 Å². The second kappa shape index (κ2) is 3.69. The number of halogens is 3. The van der Waals surface area contributed by atoms with Crippen LogP contribution in [0, 0.1) is 17.6 Å². The van der Waals surface area contributed by atoms with Gasteiger partial charge in [0.05, 0.1) is 11.3 Å². The highest BCUT2D eigenvalue weighted by molar-refractivity contribution is 6.25. The topological polar surface area (TPSA) is 66.7 Å². The van der Waals surface area contributed by atoms with Gasteiger partial charge in [0.15, 0.2) is 23.3 Å². The summed E-state index contributed by atoms with van der Waals surface area (Å²) in [5.74, 6) is -9.64. The summed E-state index contributed by atoms with van der Waals surface area (Å²) >= 11 is 0. The number of nitrogens with zero attached hydrogens (tertiary/aromatic N) is 1. The van der Waals surface area contributed by atoms with Crippen LogP contribution in [0.15, 0.2) is 17.1 Å². The maximum Gasteiger partial charge on any atom is 0.323 e. The van der Waals surface area contributed by atoms with Gasteiger partial charge in [-0.2, -0.15) is 4.39 Å². The third-order valence-electron chi connectivity index (χ3n) is 2.29. The lowest BCUT2D eigenvalue weighted by atomic mass is 9.93. The predicted molar refractivity (Wildman–Crippen MR) is 50.0 cm³/mol. The van der Waals surface area contributed by atoms with Gasteiger partial charge in [0.1, 0.15) is 0 Å². The van der Waals surface area contributed by atoms with Gasteiger partial charge in [-0.3, -0.25) is 9.59 Å². The number of Topliss-reactive ketones (excluding diaryl/α,β-unsaturated/α-hetero) is 1. The van der Waals surface area contributed by atoms with Crippen molar-refractivity contribution in [3.05, 3.63) is 29.3 Å². The predicted octanol–water partition coefficient (Wildman–Crippen LogP) is 1.86. The van der Waals surface area contributed by atoms with Gasteiger partial charge < -0.3 is 5.11 Å². The Labute approximate surface area is 92.4 Å². The lowest BCUT2D eigenvalue weighted by Crippen LogP contribution is -2.32. The Morgan fingerprint density at radius 3 is 2.53 bits per heavy atom. The fourth-order valence-corrected chi connectivity index (χ4v) is 1.51. The number of hydrogen-bond acceptors (Lipinski definition) is 3. The van der Waals surface area contributed by atoms with Crippen molar-refractivity contribution in [3.63, 3.8) is 0 Å². The van der Waals surface area contributed by atoms with Crippen LogP contribution < -0.4 is 0 Å². The molecule has 0 saturated heterocycles. The molecule has 1 heterocycles. The molecule has 1 aromatic carbocycles. The molecule has 17 heavy (non-hydrogen) atoms. The molecule has 0 spiro atoms. The lowest BCUT2D eigenvalue weighted by molar-refractivity contribution is -0.138. The summed E-state index contributed by atoms with van der Waals surface area (Å²) in [5.41, 5.74) is -1.25. The first-order valence-corrected chi connectivity index (χ1v) is 4.42. The Morgan fingerprint density at radius 2 is 1.94 bits per heavy atom. The molecular formula is C10H4F3NO3. The maximum atomic E-state index is 13.3. The van der Waals surface area contributed by atoms with E-state index in [1.165, 1.54) is 0 Å². The molecular weight excluding hydrogens is 239 g/mol. The number of ketones is 1. The molecule has 0 fully saturated rings. The van der Waals surface area contributed by atoms with Crippen molar-refractivity contribution in [3.8, 4) is 0 Å². The van der Waals surface area contributed by atoms with Gasteiger partial charge in [-0.25, -0.2) is 13.8 Å². The summed E-state index contributed by atoms with van der Waals surface area (Å²) in [4.78, 5) is 25.3. The van der Waals surface area contributed by atoms with Gasteiger partial charge in [0.25, 0.3) is 0 Å². The summed E-state index contributed by atoms with van der Waals surface area (Å²) in [6, 6.07) is 1.59. The molecule has 88 valence electrons. The smallest absolute Gasteiger partial charge is 0.323 e. The second-order valence-corrected chi connectivity index (χ2v) is 3.33. The van der Waals surface area contributed by atoms with E-state index in [0.29, 0.717) is 6.07 Å². The number of carboxylic acids is 1. The molecule has 1 aliphatic rings. The highest BCUT2D eigenvalue weighted by atomic mass is 19.2. The van der Waals surface area contributed by atoms with Crippen LogP contribution in [0.4, 0.5) is 18.9 Å². The van der Waals surface area contributed by atoms with Crippen LogP contribution in [0.2, 0.25) is 0 Å². The van der Waals surface area contributed by atoms with Crippen LogP contribution in [-0.4, -0.2) is 22.8 Å². The molecule has 1 aromatic rings. The molecule has 0 saturated carbocycles. The molecule has 0 aliphatic carbocycles. The van der Waals surface area contributed by atoms with Crippen LogP contribution >= 0.6 is 0 Å². The van der Waals surface area contributed by atoms with E-state index in [-0.39, 0.29) is 0 Å². The summed E-state index contributed by atoms with van der Waals surface area (Å²) < 4.78 is 39.4. The summed E-state index contributed by atoms with van der Waals surface area (Å²) in [5, 5.41) is 8.61. The Balaban J connectivity index is 2.70.